The lowest BCUT2D eigenvalue weighted by Gasteiger charge is -2.32. The number of hydrogen-bond acceptors (Lipinski definition) is 2. The van der Waals surface area contributed by atoms with Crippen molar-refractivity contribution in [3.05, 3.63) is 0 Å². The molecule has 3 atom stereocenters. The Balaban J connectivity index is 2.46. The van der Waals surface area contributed by atoms with E-state index in [1.807, 2.05) is 0 Å². The zero-order valence-electron chi connectivity index (χ0n) is 8.95. The normalized spacial score (nSPS) is 30.4. The minimum absolute atomic E-state index is 0.413. The molecule has 0 saturated heterocycles. The molecular formula is C11H20N2. The van der Waals surface area contributed by atoms with Crippen molar-refractivity contribution in [2.24, 2.45) is 5.92 Å². The molecule has 0 radical (unpaired) electrons. The molecular weight excluding hydrogens is 160 g/mol. The van der Waals surface area contributed by atoms with Crippen LogP contribution >= 0.6 is 0 Å². The third kappa shape index (κ3) is 2.45. The molecule has 0 aromatic carbocycles. The molecule has 0 N–H and O–H groups in total. The number of rotatable bonds is 3. The van der Waals surface area contributed by atoms with Crippen molar-refractivity contribution in [2.45, 2.75) is 51.6 Å². The summed E-state index contributed by atoms with van der Waals surface area (Å²) in [6.07, 6.45) is 4.68. The molecule has 0 bridgehead atoms. The van der Waals surface area contributed by atoms with Crippen molar-refractivity contribution in [1.82, 2.24) is 4.90 Å². The quantitative estimate of drug-likeness (QED) is 0.667. The lowest BCUT2D eigenvalue weighted by molar-refractivity contribution is 0.157. The van der Waals surface area contributed by atoms with Crippen molar-refractivity contribution in [2.75, 3.05) is 7.05 Å². The van der Waals surface area contributed by atoms with Gasteiger partial charge in [-0.25, -0.2) is 0 Å². The maximum atomic E-state index is 8.62. The summed E-state index contributed by atoms with van der Waals surface area (Å²) >= 11 is 0. The molecule has 0 heterocycles. The van der Waals surface area contributed by atoms with Crippen molar-refractivity contribution in [1.29, 1.82) is 5.26 Å². The van der Waals surface area contributed by atoms with Gasteiger partial charge in [0.05, 0.1) is 12.5 Å². The highest BCUT2D eigenvalue weighted by atomic mass is 15.2. The molecule has 1 aliphatic carbocycles. The topological polar surface area (TPSA) is 27.0 Å². The van der Waals surface area contributed by atoms with E-state index in [9.17, 15) is 0 Å². The van der Waals surface area contributed by atoms with Crippen LogP contribution in [0.15, 0.2) is 0 Å². The summed E-state index contributed by atoms with van der Waals surface area (Å²) in [5.41, 5.74) is 0. The average molecular weight is 180 g/mol. The van der Waals surface area contributed by atoms with Crippen molar-refractivity contribution in [3.8, 4) is 6.07 Å². The third-order valence-corrected chi connectivity index (χ3v) is 3.42. The third-order valence-electron chi connectivity index (χ3n) is 3.42. The summed E-state index contributed by atoms with van der Waals surface area (Å²) in [5.74, 6) is 0.811. The Morgan fingerprint density at radius 3 is 2.69 bits per heavy atom. The first kappa shape index (κ1) is 10.5. The predicted molar refractivity (Wildman–Crippen MR) is 54.3 cm³/mol. The minimum atomic E-state index is 0.413. The second kappa shape index (κ2) is 4.62. The van der Waals surface area contributed by atoms with Gasteiger partial charge in [0, 0.05) is 12.1 Å². The van der Waals surface area contributed by atoms with Crippen LogP contribution in [0.3, 0.4) is 0 Å². The largest absolute Gasteiger partial charge is 0.299 e. The van der Waals surface area contributed by atoms with Crippen LogP contribution in [-0.2, 0) is 0 Å². The standard InChI is InChI=1S/C11H20N2/c1-9-5-4-6-11(9)13(3)10(2)7-8-12/h9-11H,4-7H2,1-3H3. The van der Waals surface area contributed by atoms with E-state index in [-0.39, 0.29) is 0 Å². The van der Waals surface area contributed by atoms with Crippen LogP contribution < -0.4 is 0 Å². The highest BCUT2D eigenvalue weighted by Crippen LogP contribution is 2.29. The summed E-state index contributed by atoms with van der Waals surface area (Å²) in [5, 5.41) is 8.62. The molecule has 2 nitrogen and oxygen atoms in total. The van der Waals surface area contributed by atoms with Crippen LogP contribution in [0.1, 0.15) is 39.5 Å². The second-order valence-electron chi connectivity index (χ2n) is 4.35. The first-order chi connectivity index (χ1) is 6.16. The first-order valence-electron chi connectivity index (χ1n) is 5.25. The molecule has 1 aliphatic rings. The first-order valence-corrected chi connectivity index (χ1v) is 5.25. The highest BCUT2D eigenvalue weighted by molar-refractivity contribution is 4.87. The molecule has 2 heteroatoms. The number of nitriles is 1. The average Bonchev–Trinajstić information content (AvgIpc) is 2.50. The fraction of sp³-hybridized carbons (Fsp3) is 0.909. The van der Waals surface area contributed by atoms with Gasteiger partial charge in [-0.3, -0.25) is 4.90 Å². The monoisotopic (exact) mass is 180 g/mol. The molecule has 74 valence electrons. The zero-order chi connectivity index (χ0) is 9.84. The van der Waals surface area contributed by atoms with E-state index in [0.29, 0.717) is 18.5 Å². The van der Waals surface area contributed by atoms with Crippen LogP contribution in [-0.4, -0.2) is 24.0 Å². The fourth-order valence-electron chi connectivity index (χ4n) is 2.33. The Hall–Kier alpha value is -0.550. The SMILES string of the molecule is CC1CCCC1N(C)C(C)CC#N. The van der Waals surface area contributed by atoms with E-state index in [4.69, 9.17) is 5.26 Å². The van der Waals surface area contributed by atoms with E-state index in [0.717, 1.165) is 5.92 Å². The van der Waals surface area contributed by atoms with Gasteiger partial charge in [-0.15, -0.1) is 0 Å². The molecule has 1 saturated carbocycles. The van der Waals surface area contributed by atoms with Crippen molar-refractivity contribution >= 4 is 0 Å². The molecule has 3 unspecified atom stereocenters. The van der Waals surface area contributed by atoms with Gasteiger partial charge in [0.1, 0.15) is 0 Å². The molecule has 1 rings (SSSR count). The van der Waals surface area contributed by atoms with E-state index in [1.165, 1.54) is 19.3 Å². The van der Waals surface area contributed by atoms with Gasteiger partial charge >= 0.3 is 0 Å². The molecule has 0 aliphatic heterocycles. The van der Waals surface area contributed by atoms with Crippen molar-refractivity contribution < 1.29 is 0 Å². The highest BCUT2D eigenvalue weighted by Gasteiger charge is 2.28. The summed E-state index contributed by atoms with van der Waals surface area (Å²) in [7, 11) is 2.16. The fourth-order valence-corrected chi connectivity index (χ4v) is 2.33. The lowest BCUT2D eigenvalue weighted by atomic mass is 10.0. The van der Waals surface area contributed by atoms with Crippen LogP contribution in [0.4, 0.5) is 0 Å². The maximum Gasteiger partial charge on any atom is 0.0638 e. The van der Waals surface area contributed by atoms with Crippen LogP contribution in [0.25, 0.3) is 0 Å². The lowest BCUT2D eigenvalue weighted by Crippen LogP contribution is -2.39. The Morgan fingerprint density at radius 1 is 1.54 bits per heavy atom. The molecule has 0 amide bonds. The second-order valence-corrected chi connectivity index (χ2v) is 4.35. The molecule has 1 fully saturated rings. The Morgan fingerprint density at radius 2 is 2.23 bits per heavy atom. The van der Waals surface area contributed by atoms with E-state index >= 15 is 0 Å². The Kier molecular flexibility index (Phi) is 3.74. The Labute approximate surface area is 81.5 Å². The Bertz CT molecular complexity index is 195. The minimum Gasteiger partial charge on any atom is -0.299 e. The number of nitrogens with zero attached hydrogens (tertiary/aromatic N) is 2. The van der Waals surface area contributed by atoms with Crippen LogP contribution in [0.2, 0.25) is 0 Å². The summed E-state index contributed by atoms with van der Waals surface area (Å²) in [6, 6.07) is 3.37. The van der Waals surface area contributed by atoms with Crippen LogP contribution in [0, 0.1) is 17.2 Å². The number of hydrogen-bond donors (Lipinski definition) is 0. The summed E-state index contributed by atoms with van der Waals surface area (Å²) in [4.78, 5) is 2.39. The van der Waals surface area contributed by atoms with E-state index in [2.05, 4.69) is 31.9 Å². The molecule has 0 aromatic heterocycles. The summed E-state index contributed by atoms with van der Waals surface area (Å²) in [6.45, 7) is 4.47. The molecule has 0 aromatic rings. The van der Waals surface area contributed by atoms with Gasteiger partial charge in [0.25, 0.3) is 0 Å². The zero-order valence-corrected chi connectivity index (χ0v) is 8.95. The summed E-state index contributed by atoms with van der Waals surface area (Å²) < 4.78 is 0. The smallest absolute Gasteiger partial charge is 0.0638 e. The van der Waals surface area contributed by atoms with Gasteiger partial charge in [0.15, 0.2) is 0 Å². The van der Waals surface area contributed by atoms with Crippen molar-refractivity contribution in [3.63, 3.8) is 0 Å². The van der Waals surface area contributed by atoms with Gasteiger partial charge in [-0.2, -0.15) is 5.26 Å². The van der Waals surface area contributed by atoms with E-state index in [1.54, 1.807) is 0 Å². The molecule has 0 spiro atoms. The van der Waals surface area contributed by atoms with Gasteiger partial charge in [0.2, 0.25) is 0 Å². The maximum absolute atomic E-state index is 8.62. The van der Waals surface area contributed by atoms with E-state index < -0.39 is 0 Å². The predicted octanol–water partition coefficient (Wildman–Crippen LogP) is 2.41. The molecule has 13 heavy (non-hydrogen) atoms. The van der Waals surface area contributed by atoms with Gasteiger partial charge in [-0.05, 0) is 32.7 Å². The van der Waals surface area contributed by atoms with Crippen LogP contribution in [0.5, 0.6) is 0 Å². The van der Waals surface area contributed by atoms with Gasteiger partial charge < -0.3 is 0 Å². The van der Waals surface area contributed by atoms with Gasteiger partial charge in [-0.1, -0.05) is 13.3 Å².